The number of nitrogens with zero attached hydrogens (tertiary/aromatic N) is 2. The standard InChI is InChI=1S/C21H23N3O/c1-16-11-17(2)24-21(23-16)22-13-19-9-6-10-20(12-19)15-25-14-18-7-4-3-5-8-18/h3-12H,13-15H2,1-2H3,(H,22,23,24). The van der Waals surface area contributed by atoms with Crippen LogP contribution in [0.15, 0.2) is 60.7 Å². The van der Waals surface area contributed by atoms with Gasteiger partial charge in [-0.3, -0.25) is 0 Å². The maximum absolute atomic E-state index is 5.81. The number of aryl methyl sites for hydroxylation is 2. The molecule has 0 bridgehead atoms. The van der Waals surface area contributed by atoms with Crippen molar-refractivity contribution in [2.45, 2.75) is 33.6 Å². The second kappa shape index (κ2) is 8.40. The summed E-state index contributed by atoms with van der Waals surface area (Å²) in [7, 11) is 0. The number of aromatic nitrogens is 2. The van der Waals surface area contributed by atoms with Gasteiger partial charge in [-0.25, -0.2) is 9.97 Å². The summed E-state index contributed by atoms with van der Waals surface area (Å²) in [6, 6.07) is 20.6. The van der Waals surface area contributed by atoms with E-state index >= 15 is 0 Å². The van der Waals surface area contributed by atoms with Gasteiger partial charge in [0, 0.05) is 17.9 Å². The maximum atomic E-state index is 5.81. The van der Waals surface area contributed by atoms with Crippen molar-refractivity contribution in [3.63, 3.8) is 0 Å². The lowest BCUT2D eigenvalue weighted by Crippen LogP contribution is -2.05. The Hall–Kier alpha value is -2.72. The van der Waals surface area contributed by atoms with E-state index in [0.29, 0.717) is 25.7 Å². The molecule has 0 amide bonds. The van der Waals surface area contributed by atoms with E-state index in [4.69, 9.17) is 4.74 Å². The highest BCUT2D eigenvalue weighted by molar-refractivity contribution is 5.31. The van der Waals surface area contributed by atoms with Crippen LogP contribution in [0.3, 0.4) is 0 Å². The van der Waals surface area contributed by atoms with Crippen LogP contribution >= 0.6 is 0 Å². The van der Waals surface area contributed by atoms with Crippen LogP contribution in [0.2, 0.25) is 0 Å². The average Bonchev–Trinajstić information content (AvgIpc) is 2.61. The first-order chi connectivity index (χ1) is 12.2. The molecular formula is C21H23N3O. The van der Waals surface area contributed by atoms with Gasteiger partial charge in [-0.2, -0.15) is 0 Å². The molecule has 0 aliphatic carbocycles. The summed E-state index contributed by atoms with van der Waals surface area (Å²) in [5.74, 6) is 0.670. The number of ether oxygens (including phenoxy) is 1. The van der Waals surface area contributed by atoms with Crippen molar-refractivity contribution in [1.82, 2.24) is 9.97 Å². The Morgan fingerprint density at radius 3 is 2.16 bits per heavy atom. The van der Waals surface area contributed by atoms with Crippen molar-refractivity contribution < 1.29 is 4.74 Å². The minimum absolute atomic E-state index is 0.600. The lowest BCUT2D eigenvalue weighted by Gasteiger charge is -2.09. The topological polar surface area (TPSA) is 47.0 Å². The number of hydrogen-bond acceptors (Lipinski definition) is 4. The summed E-state index contributed by atoms with van der Waals surface area (Å²) < 4.78 is 5.81. The molecular weight excluding hydrogens is 310 g/mol. The number of nitrogens with one attached hydrogen (secondary N) is 1. The number of benzene rings is 2. The van der Waals surface area contributed by atoms with Crippen molar-refractivity contribution in [1.29, 1.82) is 0 Å². The number of rotatable bonds is 7. The Labute approximate surface area is 148 Å². The van der Waals surface area contributed by atoms with Crippen LogP contribution < -0.4 is 5.32 Å². The predicted octanol–water partition coefficient (Wildman–Crippen LogP) is 4.42. The smallest absolute Gasteiger partial charge is 0.223 e. The molecule has 0 spiro atoms. The molecule has 128 valence electrons. The van der Waals surface area contributed by atoms with Gasteiger partial charge in [0.15, 0.2) is 0 Å². The van der Waals surface area contributed by atoms with Gasteiger partial charge in [-0.05, 0) is 36.6 Å². The summed E-state index contributed by atoms with van der Waals surface area (Å²) in [5, 5.41) is 3.29. The van der Waals surface area contributed by atoms with Crippen molar-refractivity contribution in [2.75, 3.05) is 5.32 Å². The number of hydrogen-bond donors (Lipinski definition) is 1. The Kier molecular flexibility index (Phi) is 5.75. The lowest BCUT2D eigenvalue weighted by molar-refractivity contribution is 0.107. The van der Waals surface area contributed by atoms with Crippen molar-refractivity contribution >= 4 is 5.95 Å². The molecule has 0 fully saturated rings. The third-order valence-corrected chi connectivity index (χ3v) is 3.80. The molecule has 0 unspecified atom stereocenters. The van der Waals surface area contributed by atoms with Gasteiger partial charge >= 0.3 is 0 Å². The molecule has 3 rings (SSSR count). The molecule has 1 N–H and O–H groups in total. The van der Waals surface area contributed by atoms with Gasteiger partial charge < -0.3 is 10.1 Å². The second-order valence-electron chi connectivity index (χ2n) is 6.13. The van der Waals surface area contributed by atoms with Gasteiger partial charge in [-0.1, -0.05) is 54.6 Å². The fraction of sp³-hybridized carbons (Fsp3) is 0.238. The SMILES string of the molecule is Cc1cc(C)nc(NCc2cccc(COCc3ccccc3)c2)n1. The zero-order chi connectivity index (χ0) is 17.5. The quantitative estimate of drug-likeness (QED) is 0.695. The van der Waals surface area contributed by atoms with Crippen molar-refractivity contribution in [3.05, 3.63) is 88.7 Å². The molecule has 0 saturated carbocycles. The zero-order valence-electron chi connectivity index (χ0n) is 14.7. The van der Waals surface area contributed by atoms with E-state index in [1.807, 2.05) is 38.1 Å². The lowest BCUT2D eigenvalue weighted by atomic mass is 10.1. The summed E-state index contributed by atoms with van der Waals surface area (Å²) in [5.41, 5.74) is 5.48. The molecule has 2 aromatic carbocycles. The molecule has 1 heterocycles. The normalized spacial score (nSPS) is 10.6. The second-order valence-corrected chi connectivity index (χ2v) is 6.13. The molecule has 25 heavy (non-hydrogen) atoms. The minimum atomic E-state index is 0.600. The van der Waals surface area contributed by atoms with Crippen LogP contribution in [0.4, 0.5) is 5.95 Å². The van der Waals surface area contributed by atoms with E-state index in [9.17, 15) is 0 Å². The monoisotopic (exact) mass is 333 g/mol. The molecule has 4 nitrogen and oxygen atoms in total. The molecule has 0 saturated heterocycles. The molecule has 0 radical (unpaired) electrons. The van der Waals surface area contributed by atoms with Gasteiger partial charge in [-0.15, -0.1) is 0 Å². The van der Waals surface area contributed by atoms with Crippen molar-refractivity contribution in [2.24, 2.45) is 0 Å². The van der Waals surface area contributed by atoms with E-state index in [0.717, 1.165) is 17.0 Å². The van der Waals surface area contributed by atoms with E-state index in [1.165, 1.54) is 11.1 Å². The Balaban J connectivity index is 1.54. The van der Waals surface area contributed by atoms with Crippen LogP contribution in [-0.2, 0) is 24.5 Å². The van der Waals surface area contributed by atoms with Gasteiger partial charge in [0.1, 0.15) is 0 Å². The first-order valence-electron chi connectivity index (χ1n) is 8.45. The summed E-state index contributed by atoms with van der Waals surface area (Å²) in [4.78, 5) is 8.82. The van der Waals surface area contributed by atoms with E-state index in [2.05, 4.69) is 51.7 Å². The van der Waals surface area contributed by atoms with E-state index < -0.39 is 0 Å². The Morgan fingerprint density at radius 1 is 0.760 bits per heavy atom. The predicted molar refractivity (Wildman–Crippen MR) is 100 cm³/mol. The summed E-state index contributed by atoms with van der Waals surface area (Å²) >= 11 is 0. The van der Waals surface area contributed by atoms with Crippen LogP contribution in [-0.4, -0.2) is 9.97 Å². The third-order valence-electron chi connectivity index (χ3n) is 3.80. The van der Waals surface area contributed by atoms with Crippen LogP contribution in [0.5, 0.6) is 0 Å². The van der Waals surface area contributed by atoms with Gasteiger partial charge in [0.25, 0.3) is 0 Å². The summed E-state index contributed by atoms with van der Waals surface area (Å²) in [6.07, 6.45) is 0. The average molecular weight is 333 g/mol. The first kappa shape index (κ1) is 17.1. The van der Waals surface area contributed by atoms with E-state index in [1.54, 1.807) is 0 Å². The Bertz CT molecular complexity index is 798. The zero-order valence-corrected chi connectivity index (χ0v) is 14.7. The summed E-state index contributed by atoms with van der Waals surface area (Å²) in [6.45, 7) is 5.87. The van der Waals surface area contributed by atoms with Gasteiger partial charge in [0.2, 0.25) is 5.95 Å². The fourth-order valence-electron chi connectivity index (χ4n) is 2.68. The Morgan fingerprint density at radius 2 is 1.40 bits per heavy atom. The highest BCUT2D eigenvalue weighted by Crippen LogP contribution is 2.11. The molecule has 3 aromatic rings. The maximum Gasteiger partial charge on any atom is 0.223 e. The molecule has 1 aromatic heterocycles. The molecule has 0 atom stereocenters. The van der Waals surface area contributed by atoms with Gasteiger partial charge in [0.05, 0.1) is 13.2 Å². The third kappa shape index (κ3) is 5.40. The highest BCUT2D eigenvalue weighted by atomic mass is 16.5. The number of anilines is 1. The first-order valence-corrected chi connectivity index (χ1v) is 8.45. The molecule has 0 aliphatic rings. The van der Waals surface area contributed by atoms with Crippen LogP contribution in [0.25, 0.3) is 0 Å². The minimum Gasteiger partial charge on any atom is -0.372 e. The largest absolute Gasteiger partial charge is 0.372 e. The molecule has 0 aliphatic heterocycles. The fourth-order valence-corrected chi connectivity index (χ4v) is 2.68. The van der Waals surface area contributed by atoms with Crippen molar-refractivity contribution in [3.8, 4) is 0 Å². The highest BCUT2D eigenvalue weighted by Gasteiger charge is 2.01. The van der Waals surface area contributed by atoms with Crippen LogP contribution in [0, 0.1) is 13.8 Å². The molecule has 4 heteroatoms. The van der Waals surface area contributed by atoms with E-state index in [-0.39, 0.29) is 0 Å². The van der Waals surface area contributed by atoms with Crippen LogP contribution in [0.1, 0.15) is 28.1 Å².